The molecule has 12 nitrogen and oxygen atoms in total. The lowest BCUT2D eigenvalue weighted by Crippen LogP contribution is -2.51. The van der Waals surface area contributed by atoms with Crippen molar-refractivity contribution in [3.63, 3.8) is 0 Å². The second kappa shape index (κ2) is 19.5. The number of amides is 4. The van der Waals surface area contributed by atoms with Crippen LogP contribution in [0.2, 0.25) is 0 Å². The number of piperazine rings is 2. The molecule has 0 unspecified atom stereocenters. The number of rotatable bonds is 9. The molecule has 6 rings (SSSR count). The van der Waals surface area contributed by atoms with Crippen molar-refractivity contribution in [1.29, 1.82) is 0 Å². The van der Waals surface area contributed by atoms with E-state index in [2.05, 4.69) is 23.9 Å². The predicted molar refractivity (Wildman–Crippen MR) is 212 cm³/mol. The van der Waals surface area contributed by atoms with Gasteiger partial charge in [0, 0.05) is 69.3 Å². The number of nitrogens with two attached hydrogens (primary N) is 1. The Morgan fingerprint density at radius 2 is 0.926 bits per heavy atom. The van der Waals surface area contributed by atoms with Gasteiger partial charge in [-0.05, 0) is 61.6 Å². The Morgan fingerprint density at radius 3 is 1.28 bits per heavy atom. The summed E-state index contributed by atoms with van der Waals surface area (Å²) in [4.78, 5) is 61.5. The van der Waals surface area contributed by atoms with E-state index >= 15 is 0 Å². The molecule has 2 aliphatic rings. The number of benzene rings is 4. The predicted octanol–water partition coefficient (Wildman–Crippen LogP) is 5.05. The summed E-state index contributed by atoms with van der Waals surface area (Å²) in [6.45, 7) is 7.30. The van der Waals surface area contributed by atoms with Gasteiger partial charge in [0.05, 0.1) is 32.3 Å². The number of hydrogen-bond donors (Lipinski definition) is 1. The first kappa shape index (κ1) is 39.6. The molecule has 0 radical (unpaired) electrons. The number of anilines is 2. The fraction of sp³-hybridized carbons (Fsp3) is 0.333. The first-order chi connectivity index (χ1) is 26.2. The van der Waals surface area contributed by atoms with Gasteiger partial charge in [0.1, 0.15) is 0 Å². The quantitative estimate of drug-likeness (QED) is 0.188. The molecule has 2 fully saturated rings. The number of ketones is 1. The molecule has 4 aromatic carbocycles. The minimum Gasteiger partial charge on any atom is -0.465 e. The van der Waals surface area contributed by atoms with Crippen LogP contribution >= 0.6 is 0 Å². The summed E-state index contributed by atoms with van der Waals surface area (Å²) in [6.07, 6.45) is 0. The average molecular weight is 734 g/mol. The van der Waals surface area contributed by atoms with Crippen LogP contribution in [0.1, 0.15) is 31.8 Å². The van der Waals surface area contributed by atoms with Crippen LogP contribution in [0.3, 0.4) is 0 Å². The zero-order valence-electron chi connectivity index (χ0n) is 31.5. The Kier molecular flexibility index (Phi) is 14.3. The number of Topliss-reactive ketones (excluding diaryl/α,β-unsaturated/α-hetero) is 1. The molecular formula is C42H51N7O5. The lowest BCUT2D eigenvalue weighted by molar-refractivity contribution is 0.0600. The highest BCUT2D eigenvalue weighted by molar-refractivity contribution is 5.97. The van der Waals surface area contributed by atoms with E-state index in [0.717, 1.165) is 74.9 Å². The fourth-order valence-electron chi connectivity index (χ4n) is 6.23. The summed E-state index contributed by atoms with van der Waals surface area (Å²) in [6, 6.07) is 33.9. The summed E-state index contributed by atoms with van der Waals surface area (Å²) in [5, 5.41) is 0. The van der Waals surface area contributed by atoms with Gasteiger partial charge in [-0.1, -0.05) is 72.8 Å². The highest BCUT2D eigenvalue weighted by Crippen LogP contribution is 2.22. The van der Waals surface area contributed by atoms with Crippen molar-refractivity contribution in [3.05, 3.63) is 131 Å². The number of carbonyl (C=O) groups excluding carboxylic acids is 4. The van der Waals surface area contributed by atoms with Gasteiger partial charge in [-0.25, -0.2) is 14.4 Å². The van der Waals surface area contributed by atoms with Gasteiger partial charge in [0.25, 0.3) is 0 Å². The van der Waals surface area contributed by atoms with Crippen LogP contribution in [-0.4, -0.2) is 124 Å². The van der Waals surface area contributed by atoms with Crippen molar-refractivity contribution in [2.24, 2.45) is 5.73 Å². The zero-order chi connectivity index (χ0) is 38.5. The zero-order valence-corrected chi connectivity index (χ0v) is 31.5. The molecule has 4 amide bonds. The van der Waals surface area contributed by atoms with Gasteiger partial charge in [-0.15, -0.1) is 0 Å². The van der Waals surface area contributed by atoms with Gasteiger partial charge in [0.2, 0.25) is 0 Å². The van der Waals surface area contributed by atoms with Crippen LogP contribution in [0, 0.1) is 0 Å². The molecule has 0 aromatic heterocycles. The Hall–Kier alpha value is -5.56. The third kappa shape index (κ3) is 10.8. The molecule has 2 aliphatic heterocycles. The summed E-state index contributed by atoms with van der Waals surface area (Å²) in [7, 11) is 5.50. The molecule has 0 bridgehead atoms. The van der Waals surface area contributed by atoms with E-state index in [-0.39, 0.29) is 30.4 Å². The van der Waals surface area contributed by atoms with Gasteiger partial charge >= 0.3 is 18.0 Å². The monoisotopic (exact) mass is 733 g/mol. The number of para-hydroxylation sites is 2. The number of ether oxygens (including phenoxy) is 1. The van der Waals surface area contributed by atoms with Crippen LogP contribution in [0.5, 0.6) is 0 Å². The Morgan fingerprint density at radius 1 is 0.556 bits per heavy atom. The molecule has 2 N–H and O–H groups in total. The van der Waals surface area contributed by atoms with Crippen molar-refractivity contribution in [1.82, 2.24) is 19.6 Å². The van der Waals surface area contributed by atoms with Crippen LogP contribution < -0.4 is 15.5 Å². The van der Waals surface area contributed by atoms with Gasteiger partial charge in [-0.3, -0.25) is 14.6 Å². The van der Waals surface area contributed by atoms with Crippen molar-refractivity contribution in [2.75, 3.05) is 89.9 Å². The molecule has 0 saturated carbocycles. The van der Waals surface area contributed by atoms with Crippen molar-refractivity contribution < 1.29 is 23.9 Å². The van der Waals surface area contributed by atoms with Gasteiger partial charge < -0.3 is 30.1 Å². The number of nitrogens with zero attached hydrogens (tertiary/aromatic N) is 6. The van der Waals surface area contributed by atoms with Crippen molar-refractivity contribution in [2.45, 2.75) is 13.1 Å². The molecule has 2 saturated heterocycles. The van der Waals surface area contributed by atoms with Crippen LogP contribution in [0.4, 0.5) is 21.0 Å². The number of methoxy groups -OCH3 is 1. The van der Waals surface area contributed by atoms with E-state index in [1.807, 2.05) is 94.7 Å². The largest absolute Gasteiger partial charge is 0.465 e. The van der Waals surface area contributed by atoms with Crippen LogP contribution in [0.25, 0.3) is 0 Å². The molecule has 4 aromatic rings. The third-order valence-corrected chi connectivity index (χ3v) is 9.66. The maximum Gasteiger partial charge on any atom is 0.337 e. The van der Waals surface area contributed by atoms with Gasteiger partial charge in [0.15, 0.2) is 5.78 Å². The standard InChI is InChI=1S/C21H26N4O2.C21H25N3O3/c1-23-11-13-24(14-12-23)21(27)25(19-5-3-2-4-6-19)16-17-7-9-18(10-8-17)20(26)15-22;1-22-12-14-23(15-13-22)21(26)24(19-6-4-3-5-7-19)16-17-8-10-18(11-9-17)20(25)27-2/h2-10H,11-16,22H2,1H3;3-11H,12-16H2,1-2H3. The molecule has 54 heavy (non-hydrogen) atoms. The van der Waals surface area contributed by atoms with E-state index in [1.165, 1.54) is 7.11 Å². The Bertz CT molecular complexity index is 1670. The normalized spacial score (nSPS) is 14.7. The number of hydrogen-bond acceptors (Lipinski definition) is 8. The molecule has 12 heteroatoms. The van der Waals surface area contributed by atoms with Gasteiger partial charge in [-0.2, -0.15) is 0 Å². The summed E-state index contributed by atoms with van der Waals surface area (Å²) >= 11 is 0. The van der Waals surface area contributed by atoms with Crippen LogP contribution in [-0.2, 0) is 17.8 Å². The van der Waals surface area contributed by atoms with E-state index in [0.29, 0.717) is 24.2 Å². The molecule has 284 valence electrons. The lowest BCUT2D eigenvalue weighted by atomic mass is 10.1. The van der Waals surface area contributed by atoms with Crippen molar-refractivity contribution in [3.8, 4) is 0 Å². The second-order valence-corrected chi connectivity index (χ2v) is 13.5. The SMILES string of the molecule is CN1CCN(C(=O)N(Cc2ccc(C(=O)CN)cc2)c2ccccc2)CC1.COC(=O)c1ccc(CN(C(=O)N2CCN(C)CC2)c2ccccc2)cc1. The van der Waals surface area contributed by atoms with E-state index in [9.17, 15) is 19.2 Å². The summed E-state index contributed by atoms with van der Waals surface area (Å²) < 4.78 is 4.74. The molecule has 0 atom stereocenters. The Balaban J connectivity index is 0.000000208. The highest BCUT2D eigenvalue weighted by Gasteiger charge is 2.27. The topological polar surface area (TPSA) is 123 Å². The maximum atomic E-state index is 13.2. The van der Waals surface area contributed by atoms with E-state index in [4.69, 9.17) is 10.5 Å². The lowest BCUT2D eigenvalue weighted by Gasteiger charge is -2.36. The first-order valence-corrected chi connectivity index (χ1v) is 18.3. The molecular weight excluding hydrogens is 683 g/mol. The number of likely N-dealkylation sites (N-methyl/N-ethyl adjacent to an activating group) is 2. The number of urea groups is 2. The van der Waals surface area contributed by atoms with Crippen LogP contribution in [0.15, 0.2) is 109 Å². The Labute approximate surface area is 318 Å². The molecule has 2 heterocycles. The fourth-order valence-corrected chi connectivity index (χ4v) is 6.23. The summed E-state index contributed by atoms with van der Waals surface area (Å²) in [5.74, 6) is -0.454. The maximum absolute atomic E-state index is 13.2. The minimum atomic E-state index is -0.366. The second-order valence-electron chi connectivity index (χ2n) is 13.5. The smallest absolute Gasteiger partial charge is 0.337 e. The number of esters is 1. The summed E-state index contributed by atoms with van der Waals surface area (Å²) in [5.41, 5.74) is 10.2. The van der Waals surface area contributed by atoms with Crippen molar-refractivity contribution >= 4 is 35.2 Å². The third-order valence-electron chi connectivity index (χ3n) is 9.66. The first-order valence-electron chi connectivity index (χ1n) is 18.3. The average Bonchev–Trinajstić information content (AvgIpc) is 3.22. The van der Waals surface area contributed by atoms with E-state index < -0.39 is 0 Å². The number of carbonyl (C=O) groups is 4. The minimum absolute atomic E-state index is 0.00260. The highest BCUT2D eigenvalue weighted by atomic mass is 16.5. The molecule has 0 aliphatic carbocycles. The van der Waals surface area contributed by atoms with E-state index in [1.54, 1.807) is 34.1 Å². The molecule has 0 spiro atoms.